The quantitative estimate of drug-likeness (QED) is 0.747. The van der Waals surface area contributed by atoms with Gasteiger partial charge in [-0.3, -0.25) is 9.59 Å². The topological polar surface area (TPSA) is 68.3 Å². The van der Waals surface area contributed by atoms with Crippen molar-refractivity contribution in [2.24, 2.45) is 0 Å². The van der Waals surface area contributed by atoms with E-state index in [-0.39, 0.29) is 18.4 Å². The number of nitrogens with zero attached hydrogens (tertiary/aromatic N) is 2. The maximum Gasteiger partial charge on any atom is 0.248 e. The average Bonchev–Trinajstić information content (AvgIpc) is 2.92. The summed E-state index contributed by atoms with van der Waals surface area (Å²) in [5, 5.41) is 0. The van der Waals surface area contributed by atoms with Crippen LogP contribution < -0.4 is 4.74 Å². The Hall–Kier alpha value is -2.12. The highest BCUT2D eigenvalue weighted by molar-refractivity contribution is 5.78. The van der Waals surface area contributed by atoms with Gasteiger partial charge in [-0.1, -0.05) is 12.1 Å². The Labute approximate surface area is 160 Å². The zero-order valence-electron chi connectivity index (χ0n) is 15.9. The molecule has 0 spiro atoms. The zero-order chi connectivity index (χ0) is 19.1. The predicted octanol–water partition coefficient (Wildman–Crippen LogP) is 1.24. The molecule has 1 saturated heterocycles. The first-order valence-electron chi connectivity index (χ1n) is 9.63. The molecular weight excluding hydrogens is 348 g/mol. The zero-order valence-corrected chi connectivity index (χ0v) is 15.9. The highest BCUT2D eigenvalue weighted by atomic mass is 16.5. The molecule has 0 unspecified atom stereocenters. The van der Waals surface area contributed by atoms with E-state index in [1.54, 1.807) is 4.90 Å². The number of hydrogen-bond acceptors (Lipinski definition) is 5. The van der Waals surface area contributed by atoms with Crippen molar-refractivity contribution in [1.82, 2.24) is 9.80 Å². The van der Waals surface area contributed by atoms with Crippen LogP contribution in [0, 0.1) is 0 Å². The summed E-state index contributed by atoms with van der Waals surface area (Å²) in [5.74, 6) is 0.948. The van der Waals surface area contributed by atoms with Gasteiger partial charge in [0.25, 0.3) is 0 Å². The predicted molar refractivity (Wildman–Crippen MR) is 99.6 cm³/mol. The number of amides is 2. The lowest BCUT2D eigenvalue weighted by Crippen LogP contribution is -2.40. The molecule has 0 N–H and O–H groups in total. The van der Waals surface area contributed by atoms with E-state index in [9.17, 15) is 9.59 Å². The summed E-state index contributed by atoms with van der Waals surface area (Å²) in [4.78, 5) is 28.2. The third kappa shape index (κ3) is 5.43. The first-order valence-corrected chi connectivity index (χ1v) is 9.63. The smallest absolute Gasteiger partial charge is 0.248 e. The first-order chi connectivity index (χ1) is 13.2. The van der Waals surface area contributed by atoms with Crippen LogP contribution in [-0.4, -0.2) is 74.3 Å². The van der Waals surface area contributed by atoms with Gasteiger partial charge in [0, 0.05) is 38.2 Å². The Bertz CT molecular complexity index is 658. The number of hydrogen-bond donors (Lipinski definition) is 0. The summed E-state index contributed by atoms with van der Waals surface area (Å²) in [6.07, 6.45) is 1.16. The second-order valence-electron chi connectivity index (χ2n) is 6.74. The maximum atomic E-state index is 12.3. The molecule has 1 aromatic carbocycles. The minimum atomic E-state index is -0.0267. The molecule has 2 heterocycles. The van der Waals surface area contributed by atoms with E-state index in [4.69, 9.17) is 14.2 Å². The van der Waals surface area contributed by atoms with Crippen molar-refractivity contribution >= 4 is 11.8 Å². The van der Waals surface area contributed by atoms with Crippen molar-refractivity contribution in [1.29, 1.82) is 0 Å². The van der Waals surface area contributed by atoms with Crippen LogP contribution in [0.1, 0.15) is 24.5 Å². The average molecular weight is 376 g/mol. The second kappa shape index (κ2) is 9.71. The number of carbonyl (C=O) groups excluding carboxylic acids is 2. The van der Waals surface area contributed by atoms with Crippen LogP contribution in [0.3, 0.4) is 0 Å². The molecule has 1 aromatic rings. The van der Waals surface area contributed by atoms with Crippen molar-refractivity contribution in [3.8, 4) is 5.75 Å². The van der Waals surface area contributed by atoms with Gasteiger partial charge in [0.2, 0.25) is 11.8 Å². The van der Waals surface area contributed by atoms with Gasteiger partial charge in [-0.2, -0.15) is 0 Å². The highest BCUT2D eigenvalue weighted by Gasteiger charge is 2.21. The lowest BCUT2D eigenvalue weighted by atomic mass is 10.0. The van der Waals surface area contributed by atoms with Crippen LogP contribution in [0.25, 0.3) is 0 Å². The Morgan fingerprint density at radius 3 is 2.63 bits per heavy atom. The molecular formula is C20H28N2O5. The summed E-state index contributed by atoms with van der Waals surface area (Å²) in [5.41, 5.74) is 2.06. The van der Waals surface area contributed by atoms with Crippen LogP contribution in [0.15, 0.2) is 18.2 Å². The van der Waals surface area contributed by atoms with E-state index in [1.165, 1.54) is 0 Å². The Balaban J connectivity index is 1.60. The number of ether oxygens (including phenoxy) is 3. The lowest BCUT2D eigenvalue weighted by Gasteiger charge is -2.26. The molecule has 2 aliphatic rings. The van der Waals surface area contributed by atoms with E-state index in [0.29, 0.717) is 65.4 Å². The number of aryl methyl sites for hydroxylation is 1. The Morgan fingerprint density at radius 1 is 1.07 bits per heavy atom. The highest BCUT2D eigenvalue weighted by Crippen LogP contribution is 2.25. The largest absolute Gasteiger partial charge is 0.491 e. The molecule has 0 aliphatic carbocycles. The van der Waals surface area contributed by atoms with Crippen LogP contribution in [0.4, 0.5) is 0 Å². The number of fused-ring (bicyclic) bond motifs is 1. The summed E-state index contributed by atoms with van der Waals surface area (Å²) >= 11 is 0. The van der Waals surface area contributed by atoms with E-state index in [0.717, 1.165) is 16.9 Å². The fourth-order valence-electron chi connectivity index (χ4n) is 3.32. The summed E-state index contributed by atoms with van der Waals surface area (Å²) in [6, 6.07) is 6.00. The van der Waals surface area contributed by atoms with Crippen LogP contribution in [-0.2, 0) is 32.0 Å². The van der Waals surface area contributed by atoms with Crippen LogP contribution in [0.2, 0.25) is 0 Å². The molecule has 27 heavy (non-hydrogen) atoms. The molecule has 7 nitrogen and oxygen atoms in total. The van der Waals surface area contributed by atoms with Crippen molar-refractivity contribution in [3.63, 3.8) is 0 Å². The molecule has 0 aromatic heterocycles. The monoisotopic (exact) mass is 376 g/mol. The minimum Gasteiger partial charge on any atom is -0.491 e. The van der Waals surface area contributed by atoms with Gasteiger partial charge < -0.3 is 24.0 Å². The Kier molecular flexibility index (Phi) is 7.06. The molecule has 2 aliphatic heterocycles. The van der Waals surface area contributed by atoms with Gasteiger partial charge >= 0.3 is 0 Å². The maximum absolute atomic E-state index is 12.3. The van der Waals surface area contributed by atoms with Crippen molar-refractivity contribution in [2.45, 2.75) is 26.3 Å². The fourth-order valence-corrected chi connectivity index (χ4v) is 3.32. The summed E-state index contributed by atoms with van der Waals surface area (Å²) in [6.45, 7) is 6.60. The molecule has 1 fully saturated rings. The van der Waals surface area contributed by atoms with Crippen LogP contribution >= 0.6 is 0 Å². The number of benzene rings is 1. The van der Waals surface area contributed by atoms with E-state index in [1.807, 2.05) is 30.0 Å². The standard InChI is InChI=1S/C20H28N2O5/c1-2-25-15-20(24)22-9-12-27-18-5-3-16(13-17(18)14-22)4-6-19(23)21-7-10-26-11-8-21/h3,5,13H,2,4,6-12,14-15H2,1H3. The van der Waals surface area contributed by atoms with E-state index in [2.05, 4.69) is 0 Å². The molecule has 148 valence electrons. The molecule has 0 atom stereocenters. The minimum absolute atomic E-state index is 0.0267. The molecule has 3 rings (SSSR count). The van der Waals surface area contributed by atoms with Crippen molar-refractivity contribution in [2.75, 3.05) is 52.7 Å². The summed E-state index contributed by atoms with van der Waals surface area (Å²) < 4.78 is 16.3. The third-order valence-corrected chi connectivity index (χ3v) is 4.88. The number of carbonyl (C=O) groups is 2. The normalized spacial score (nSPS) is 17.1. The molecule has 2 amide bonds. The van der Waals surface area contributed by atoms with Crippen molar-refractivity contribution < 1.29 is 23.8 Å². The third-order valence-electron chi connectivity index (χ3n) is 4.88. The molecule has 7 heteroatoms. The summed E-state index contributed by atoms with van der Waals surface area (Å²) in [7, 11) is 0. The van der Waals surface area contributed by atoms with Crippen LogP contribution in [0.5, 0.6) is 5.75 Å². The van der Waals surface area contributed by atoms with Gasteiger partial charge in [0.05, 0.1) is 19.8 Å². The van der Waals surface area contributed by atoms with Gasteiger partial charge in [-0.15, -0.1) is 0 Å². The molecule has 0 saturated carbocycles. The number of morpholine rings is 1. The number of rotatable bonds is 6. The fraction of sp³-hybridized carbons (Fsp3) is 0.600. The van der Waals surface area contributed by atoms with Gasteiger partial charge in [0.15, 0.2) is 0 Å². The van der Waals surface area contributed by atoms with E-state index < -0.39 is 0 Å². The van der Waals surface area contributed by atoms with Gasteiger partial charge in [-0.25, -0.2) is 0 Å². The first kappa shape index (κ1) is 19.6. The van der Waals surface area contributed by atoms with Gasteiger partial charge in [0.1, 0.15) is 19.0 Å². The Morgan fingerprint density at radius 2 is 1.85 bits per heavy atom. The molecule has 0 radical (unpaired) electrons. The van der Waals surface area contributed by atoms with E-state index >= 15 is 0 Å². The molecule has 0 bridgehead atoms. The SMILES string of the molecule is CCOCC(=O)N1CCOc2ccc(CCC(=O)N3CCOCC3)cc2C1. The van der Waals surface area contributed by atoms with Gasteiger partial charge in [-0.05, 0) is 25.0 Å². The lowest BCUT2D eigenvalue weighted by molar-refractivity contribution is -0.137. The van der Waals surface area contributed by atoms with Crippen molar-refractivity contribution in [3.05, 3.63) is 29.3 Å². The second-order valence-corrected chi connectivity index (χ2v) is 6.74.